The summed E-state index contributed by atoms with van der Waals surface area (Å²) >= 11 is 0. The lowest BCUT2D eigenvalue weighted by Crippen LogP contribution is -2.30. The van der Waals surface area contributed by atoms with Gasteiger partial charge in [-0.25, -0.2) is 0 Å². The van der Waals surface area contributed by atoms with Crippen molar-refractivity contribution in [2.24, 2.45) is 11.8 Å². The van der Waals surface area contributed by atoms with E-state index in [9.17, 15) is 0 Å². The highest BCUT2D eigenvalue weighted by molar-refractivity contribution is 5.27. The van der Waals surface area contributed by atoms with E-state index >= 15 is 0 Å². The molecule has 112 valence electrons. The molecule has 0 aromatic heterocycles. The lowest BCUT2D eigenvalue weighted by Gasteiger charge is -2.24. The maximum atomic E-state index is 6.23. The van der Waals surface area contributed by atoms with Crippen molar-refractivity contribution in [3.63, 3.8) is 0 Å². The van der Waals surface area contributed by atoms with Gasteiger partial charge >= 0.3 is 0 Å². The molecule has 2 unspecified atom stereocenters. The Hall–Kier alpha value is -1.02. The Morgan fingerprint density at radius 3 is 2.60 bits per heavy atom. The van der Waals surface area contributed by atoms with Gasteiger partial charge in [0.1, 0.15) is 11.9 Å². The first-order valence-electron chi connectivity index (χ1n) is 7.98. The number of nitrogens with zero attached hydrogens (tertiary/aromatic N) is 1. The average molecular weight is 275 g/mol. The van der Waals surface area contributed by atoms with Crippen LogP contribution in [-0.2, 0) is 6.42 Å². The van der Waals surface area contributed by atoms with Crippen molar-refractivity contribution in [2.45, 2.75) is 46.1 Å². The standard InChI is InChI=1S/C18H29NO/c1-14(2)12-16-7-9-17(10-8-16)20-18-6-5-11-19(4)13-15(18)3/h7-10,14-15,18H,5-6,11-13H2,1-4H3. The Kier molecular flexibility index (Phi) is 5.47. The van der Waals surface area contributed by atoms with Crippen molar-refractivity contribution >= 4 is 0 Å². The third-order valence-corrected chi connectivity index (χ3v) is 4.12. The van der Waals surface area contributed by atoms with Crippen molar-refractivity contribution in [2.75, 3.05) is 20.1 Å². The Morgan fingerprint density at radius 2 is 1.95 bits per heavy atom. The third kappa shape index (κ3) is 4.52. The summed E-state index contributed by atoms with van der Waals surface area (Å²) < 4.78 is 6.23. The Labute approximate surface area is 124 Å². The highest BCUT2D eigenvalue weighted by Crippen LogP contribution is 2.23. The van der Waals surface area contributed by atoms with Crippen molar-refractivity contribution < 1.29 is 4.74 Å². The number of hydrogen-bond donors (Lipinski definition) is 0. The molecule has 1 saturated heterocycles. The zero-order valence-electron chi connectivity index (χ0n) is 13.4. The second-order valence-corrected chi connectivity index (χ2v) is 6.78. The van der Waals surface area contributed by atoms with Crippen LogP contribution in [0.5, 0.6) is 5.75 Å². The van der Waals surface area contributed by atoms with Gasteiger partial charge in [0, 0.05) is 12.5 Å². The van der Waals surface area contributed by atoms with Gasteiger partial charge in [-0.3, -0.25) is 0 Å². The van der Waals surface area contributed by atoms with Crippen LogP contribution in [0, 0.1) is 11.8 Å². The molecule has 2 nitrogen and oxygen atoms in total. The van der Waals surface area contributed by atoms with E-state index in [2.05, 4.69) is 57.0 Å². The van der Waals surface area contributed by atoms with E-state index < -0.39 is 0 Å². The van der Waals surface area contributed by atoms with E-state index in [-0.39, 0.29) is 0 Å². The molecule has 0 aliphatic carbocycles. The largest absolute Gasteiger partial charge is 0.490 e. The van der Waals surface area contributed by atoms with Crippen molar-refractivity contribution in [3.05, 3.63) is 29.8 Å². The topological polar surface area (TPSA) is 12.5 Å². The number of hydrogen-bond acceptors (Lipinski definition) is 2. The fourth-order valence-corrected chi connectivity index (χ4v) is 3.07. The fourth-order valence-electron chi connectivity index (χ4n) is 3.07. The Bertz CT molecular complexity index is 398. The number of likely N-dealkylation sites (tertiary alicyclic amines) is 1. The molecule has 0 amide bonds. The summed E-state index contributed by atoms with van der Waals surface area (Å²) in [7, 11) is 2.21. The summed E-state index contributed by atoms with van der Waals surface area (Å²) in [5, 5.41) is 0. The SMILES string of the molecule is CC(C)Cc1ccc(OC2CCCN(C)CC2C)cc1. The van der Waals surface area contributed by atoms with Crippen molar-refractivity contribution in [1.82, 2.24) is 4.90 Å². The van der Waals surface area contributed by atoms with Crippen molar-refractivity contribution in [3.8, 4) is 5.75 Å². The minimum Gasteiger partial charge on any atom is -0.490 e. The highest BCUT2D eigenvalue weighted by atomic mass is 16.5. The van der Waals surface area contributed by atoms with Crippen LogP contribution < -0.4 is 4.74 Å². The Balaban J connectivity index is 1.95. The summed E-state index contributed by atoms with van der Waals surface area (Å²) in [5.74, 6) is 2.33. The summed E-state index contributed by atoms with van der Waals surface area (Å²) in [5.41, 5.74) is 1.40. The monoisotopic (exact) mass is 275 g/mol. The maximum Gasteiger partial charge on any atom is 0.119 e. The smallest absolute Gasteiger partial charge is 0.119 e. The minimum atomic E-state index is 0.357. The van der Waals surface area contributed by atoms with E-state index in [1.807, 2.05) is 0 Å². The van der Waals surface area contributed by atoms with Gasteiger partial charge in [0.15, 0.2) is 0 Å². The van der Waals surface area contributed by atoms with Crippen LogP contribution in [0.3, 0.4) is 0 Å². The lowest BCUT2D eigenvalue weighted by atomic mass is 10.0. The van der Waals surface area contributed by atoms with Gasteiger partial charge in [0.05, 0.1) is 0 Å². The van der Waals surface area contributed by atoms with E-state index in [0.717, 1.165) is 18.7 Å². The van der Waals surface area contributed by atoms with E-state index in [1.54, 1.807) is 0 Å². The second kappa shape index (κ2) is 7.12. The molecular weight excluding hydrogens is 246 g/mol. The average Bonchev–Trinajstić information content (AvgIpc) is 2.53. The van der Waals surface area contributed by atoms with Gasteiger partial charge in [-0.2, -0.15) is 0 Å². The summed E-state index contributed by atoms with van der Waals surface area (Å²) in [4.78, 5) is 2.42. The van der Waals surface area contributed by atoms with E-state index in [1.165, 1.54) is 24.9 Å². The fraction of sp³-hybridized carbons (Fsp3) is 0.667. The Morgan fingerprint density at radius 1 is 1.25 bits per heavy atom. The molecule has 0 saturated carbocycles. The maximum absolute atomic E-state index is 6.23. The zero-order chi connectivity index (χ0) is 14.5. The van der Waals surface area contributed by atoms with Gasteiger partial charge in [0.25, 0.3) is 0 Å². The molecule has 0 radical (unpaired) electrons. The number of ether oxygens (including phenoxy) is 1. The summed E-state index contributed by atoms with van der Waals surface area (Å²) in [6.07, 6.45) is 3.90. The molecule has 1 aliphatic heterocycles. The first-order chi connectivity index (χ1) is 9.54. The predicted octanol–water partition coefficient (Wildman–Crippen LogP) is 3.99. The van der Waals surface area contributed by atoms with Crippen LogP contribution in [0.25, 0.3) is 0 Å². The normalized spacial score (nSPS) is 24.6. The minimum absolute atomic E-state index is 0.357. The molecule has 20 heavy (non-hydrogen) atoms. The summed E-state index contributed by atoms with van der Waals surface area (Å²) in [6, 6.07) is 8.70. The molecule has 1 heterocycles. The first-order valence-corrected chi connectivity index (χ1v) is 7.98. The van der Waals surface area contributed by atoms with E-state index in [4.69, 9.17) is 4.74 Å². The molecule has 0 N–H and O–H groups in total. The molecule has 1 fully saturated rings. The third-order valence-electron chi connectivity index (χ3n) is 4.12. The quantitative estimate of drug-likeness (QED) is 0.823. The van der Waals surface area contributed by atoms with Crippen LogP contribution in [0.1, 0.15) is 39.2 Å². The molecule has 0 spiro atoms. The first kappa shape index (κ1) is 15.4. The van der Waals surface area contributed by atoms with Crippen LogP contribution in [0.15, 0.2) is 24.3 Å². The molecule has 1 aromatic carbocycles. The van der Waals surface area contributed by atoms with Crippen LogP contribution >= 0.6 is 0 Å². The van der Waals surface area contributed by atoms with Gasteiger partial charge in [-0.1, -0.05) is 32.9 Å². The van der Waals surface area contributed by atoms with E-state index in [0.29, 0.717) is 17.9 Å². The predicted molar refractivity (Wildman–Crippen MR) is 85.3 cm³/mol. The van der Waals surface area contributed by atoms with Crippen LogP contribution in [0.2, 0.25) is 0 Å². The van der Waals surface area contributed by atoms with Gasteiger partial charge < -0.3 is 9.64 Å². The second-order valence-electron chi connectivity index (χ2n) is 6.78. The van der Waals surface area contributed by atoms with Gasteiger partial charge in [-0.05, 0) is 56.5 Å². The molecule has 2 atom stereocenters. The molecular formula is C18H29NO. The molecule has 0 bridgehead atoms. The molecule has 2 rings (SSSR count). The van der Waals surface area contributed by atoms with Crippen LogP contribution in [-0.4, -0.2) is 31.1 Å². The molecule has 2 heteroatoms. The van der Waals surface area contributed by atoms with Gasteiger partial charge in [-0.15, -0.1) is 0 Å². The van der Waals surface area contributed by atoms with Crippen LogP contribution in [0.4, 0.5) is 0 Å². The van der Waals surface area contributed by atoms with Crippen molar-refractivity contribution in [1.29, 1.82) is 0 Å². The highest BCUT2D eigenvalue weighted by Gasteiger charge is 2.23. The lowest BCUT2D eigenvalue weighted by molar-refractivity contribution is 0.131. The summed E-state index contributed by atoms with van der Waals surface area (Å²) in [6.45, 7) is 9.15. The molecule has 1 aromatic rings. The van der Waals surface area contributed by atoms with Gasteiger partial charge in [0.2, 0.25) is 0 Å². The zero-order valence-corrected chi connectivity index (χ0v) is 13.4. The molecule has 1 aliphatic rings. The number of benzene rings is 1. The number of rotatable bonds is 4.